The Bertz CT molecular complexity index is 543. The normalized spacial score (nSPS) is 10.3. The Kier molecular flexibility index (Phi) is 2.40. The van der Waals surface area contributed by atoms with Crippen LogP contribution in [0.2, 0.25) is 0 Å². The summed E-state index contributed by atoms with van der Waals surface area (Å²) in [6, 6.07) is 8.52. The zero-order valence-electron chi connectivity index (χ0n) is 8.73. The van der Waals surface area contributed by atoms with E-state index in [2.05, 4.69) is 0 Å². The molecule has 0 bridgehead atoms. The van der Waals surface area contributed by atoms with Crippen LogP contribution in [0.3, 0.4) is 0 Å². The van der Waals surface area contributed by atoms with Crippen molar-refractivity contribution in [1.29, 1.82) is 0 Å². The van der Waals surface area contributed by atoms with Crippen LogP contribution in [-0.2, 0) is 0 Å². The van der Waals surface area contributed by atoms with E-state index >= 15 is 0 Å². The summed E-state index contributed by atoms with van der Waals surface area (Å²) in [7, 11) is 0. The summed E-state index contributed by atoms with van der Waals surface area (Å²) in [5, 5.41) is 8.73. The van der Waals surface area contributed by atoms with E-state index in [1.54, 1.807) is 12.1 Å². The monoisotopic (exact) mass is 217 g/mol. The number of aromatic carboxylic acids is 1. The van der Waals surface area contributed by atoms with Crippen molar-refractivity contribution in [1.82, 2.24) is 0 Å². The highest BCUT2D eigenvalue weighted by Crippen LogP contribution is 2.25. The molecule has 0 unspecified atom stereocenters. The van der Waals surface area contributed by atoms with Crippen LogP contribution < -0.4 is 5.73 Å². The summed E-state index contributed by atoms with van der Waals surface area (Å²) in [5.74, 6) is -0.649. The summed E-state index contributed by atoms with van der Waals surface area (Å²) in [5.41, 5.74) is 8.18. The van der Waals surface area contributed by atoms with E-state index in [0.29, 0.717) is 11.4 Å². The van der Waals surface area contributed by atoms with E-state index in [1.807, 2.05) is 19.1 Å². The van der Waals surface area contributed by atoms with Gasteiger partial charge in [-0.25, -0.2) is 4.79 Å². The highest BCUT2D eigenvalue weighted by Gasteiger charge is 2.10. The Balaban J connectivity index is 2.42. The molecule has 1 aromatic heterocycles. The first-order valence-corrected chi connectivity index (χ1v) is 4.77. The van der Waals surface area contributed by atoms with Crippen molar-refractivity contribution < 1.29 is 14.3 Å². The van der Waals surface area contributed by atoms with Gasteiger partial charge in [-0.2, -0.15) is 0 Å². The van der Waals surface area contributed by atoms with Gasteiger partial charge in [0.15, 0.2) is 0 Å². The second-order valence-corrected chi connectivity index (χ2v) is 3.54. The van der Waals surface area contributed by atoms with E-state index in [9.17, 15) is 4.79 Å². The van der Waals surface area contributed by atoms with Crippen LogP contribution in [-0.4, -0.2) is 11.1 Å². The number of carboxylic acid groups (broad SMARTS) is 1. The largest absolute Gasteiger partial charge is 0.475 e. The fourth-order valence-corrected chi connectivity index (χ4v) is 1.40. The lowest BCUT2D eigenvalue weighted by molar-refractivity contribution is 0.0663. The lowest BCUT2D eigenvalue weighted by Crippen LogP contribution is -1.92. The maximum absolute atomic E-state index is 10.6. The molecule has 3 N–H and O–H groups in total. The van der Waals surface area contributed by atoms with Crippen molar-refractivity contribution in [3.8, 4) is 11.3 Å². The smallest absolute Gasteiger partial charge is 0.371 e. The molecule has 2 rings (SSSR count). The van der Waals surface area contributed by atoms with Gasteiger partial charge in [-0.3, -0.25) is 0 Å². The molecule has 1 aromatic carbocycles. The molecule has 82 valence electrons. The first-order chi connectivity index (χ1) is 7.58. The third kappa shape index (κ3) is 1.77. The zero-order chi connectivity index (χ0) is 11.7. The summed E-state index contributed by atoms with van der Waals surface area (Å²) in [6.45, 7) is 1.91. The average Bonchev–Trinajstić information content (AvgIpc) is 2.71. The number of nitrogens with two attached hydrogens (primary N) is 1. The molecule has 0 aliphatic heterocycles. The van der Waals surface area contributed by atoms with Gasteiger partial charge in [-0.1, -0.05) is 12.1 Å². The molecule has 0 aliphatic carbocycles. The molecule has 0 saturated carbocycles. The number of hydrogen-bond donors (Lipinski definition) is 2. The Morgan fingerprint density at radius 2 is 2.06 bits per heavy atom. The second kappa shape index (κ2) is 3.73. The summed E-state index contributed by atoms with van der Waals surface area (Å²) < 4.78 is 5.17. The second-order valence-electron chi connectivity index (χ2n) is 3.54. The molecule has 4 heteroatoms. The molecule has 16 heavy (non-hydrogen) atoms. The number of hydrogen-bond acceptors (Lipinski definition) is 3. The van der Waals surface area contributed by atoms with Crippen LogP contribution in [0.4, 0.5) is 5.69 Å². The highest BCUT2D eigenvalue weighted by atomic mass is 16.4. The number of anilines is 1. The molecule has 4 nitrogen and oxygen atoms in total. The number of nitrogen functional groups attached to an aromatic ring is 1. The van der Waals surface area contributed by atoms with Gasteiger partial charge < -0.3 is 15.3 Å². The molecule has 0 radical (unpaired) electrons. The standard InChI is InChI=1S/C12H11NO3/c1-7-2-3-8(6-9(7)13)10-4-5-11(16-10)12(14)15/h2-6H,13H2,1H3,(H,14,15). The van der Waals surface area contributed by atoms with Crippen LogP contribution in [0.5, 0.6) is 0 Å². The maximum atomic E-state index is 10.6. The lowest BCUT2D eigenvalue weighted by Gasteiger charge is -2.02. The fraction of sp³-hybridized carbons (Fsp3) is 0.0833. The molecule has 0 amide bonds. The number of rotatable bonds is 2. The van der Waals surface area contributed by atoms with E-state index in [0.717, 1.165) is 11.1 Å². The van der Waals surface area contributed by atoms with Gasteiger partial charge in [0.1, 0.15) is 5.76 Å². The minimum absolute atomic E-state index is 0.0749. The van der Waals surface area contributed by atoms with Crippen LogP contribution in [0.1, 0.15) is 16.1 Å². The topological polar surface area (TPSA) is 76.5 Å². The molecular formula is C12H11NO3. The maximum Gasteiger partial charge on any atom is 0.371 e. The molecule has 2 aromatic rings. The Morgan fingerprint density at radius 1 is 1.31 bits per heavy atom. The van der Waals surface area contributed by atoms with E-state index in [1.165, 1.54) is 6.07 Å². The third-order valence-corrected chi connectivity index (χ3v) is 2.38. The SMILES string of the molecule is Cc1ccc(-c2ccc(C(=O)O)o2)cc1N. The summed E-state index contributed by atoms with van der Waals surface area (Å²) >= 11 is 0. The van der Waals surface area contributed by atoms with Crippen LogP contribution >= 0.6 is 0 Å². The number of benzene rings is 1. The van der Waals surface area contributed by atoms with Gasteiger partial charge in [0.25, 0.3) is 0 Å². The third-order valence-electron chi connectivity index (χ3n) is 2.38. The number of furan rings is 1. The molecule has 0 saturated heterocycles. The Morgan fingerprint density at radius 3 is 2.62 bits per heavy atom. The van der Waals surface area contributed by atoms with Gasteiger partial charge in [-0.15, -0.1) is 0 Å². The predicted octanol–water partition coefficient (Wildman–Crippen LogP) is 2.54. The van der Waals surface area contributed by atoms with E-state index in [4.69, 9.17) is 15.3 Å². The Labute approximate surface area is 92.3 Å². The first-order valence-electron chi connectivity index (χ1n) is 4.77. The molecule has 0 fully saturated rings. The van der Waals surface area contributed by atoms with Gasteiger partial charge in [0.05, 0.1) is 0 Å². The molecule has 1 heterocycles. The van der Waals surface area contributed by atoms with E-state index < -0.39 is 5.97 Å². The van der Waals surface area contributed by atoms with Crippen LogP contribution in [0.15, 0.2) is 34.7 Å². The average molecular weight is 217 g/mol. The van der Waals surface area contributed by atoms with Crippen molar-refractivity contribution in [2.24, 2.45) is 0 Å². The minimum atomic E-state index is -1.08. The number of carboxylic acids is 1. The van der Waals surface area contributed by atoms with Crippen LogP contribution in [0, 0.1) is 6.92 Å². The van der Waals surface area contributed by atoms with Crippen molar-refractivity contribution in [2.45, 2.75) is 6.92 Å². The lowest BCUT2D eigenvalue weighted by atomic mass is 10.1. The number of aryl methyl sites for hydroxylation is 1. The van der Waals surface area contributed by atoms with Gasteiger partial charge in [0, 0.05) is 11.3 Å². The molecular weight excluding hydrogens is 206 g/mol. The quantitative estimate of drug-likeness (QED) is 0.758. The van der Waals surface area contributed by atoms with Crippen molar-refractivity contribution in [3.63, 3.8) is 0 Å². The van der Waals surface area contributed by atoms with Crippen molar-refractivity contribution in [3.05, 3.63) is 41.7 Å². The zero-order valence-corrected chi connectivity index (χ0v) is 8.73. The molecule has 0 spiro atoms. The van der Waals surface area contributed by atoms with Crippen molar-refractivity contribution in [2.75, 3.05) is 5.73 Å². The predicted molar refractivity (Wildman–Crippen MR) is 60.3 cm³/mol. The molecule has 0 aliphatic rings. The van der Waals surface area contributed by atoms with Crippen molar-refractivity contribution >= 4 is 11.7 Å². The van der Waals surface area contributed by atoms with Gasteiger partial charge in [0.2, 0.25) is 5.76 Å². The van der Waals surface area contributed by atoms with Gasteiger partial charge in [-0.05, 0) is 30.7 Å². The summed E-state index contributed by atoms with van der Waals surface area (Å²) in [6.07, 6.45) is 0. The summed E-state index contributed by atoms with van der Waals surface area (Å²) in [4.78, 5) is 10.6. The fourth-order valence-electron chi connectivity index (χ4n) is 1.40. The van der Waals surface area contributed by atoms with Crippen LogP contribution in [0.25, 0.3) is 11.3 Å². The Hall–Kier alpha value is -2.23. The highest BCUT2D eigenvalue weighted by molar-refractivity contribution is 5.85. The van der Waals surface area contributed by atoms with Gasteiger partial charge >= 0.3 is 5.97 Å². The minimum Gasteiger partial charge on any atom is -0.475 e. The van der Waals surface area contributed by atoms with E-state index in [-0.39, 0.29) is 5.76 Å². The first kappa shape index (κ1) is 10.3. The number of carbonyl (C=O) groups is 1. The molecule has 0 atom stereocenters.